The fourth-order valence-corrected chi connectivity index (χ4v) is 7.32. The maximum absolute atomic E-state index is 12.0. The van der Waals surface area contributed by atoms with Crippen LogP contribution in [0.2, 0.25) is 0 Å². The molecule has 0 aliphatic heterocycles. The standard InChI is InChI=1S/C46H92O2/c1-3-5-7-9-11-13-15-17-19-20-21-22-23-24-25-26-27-28-29-30-31-33-35-37-39-41-43-45-48-46(47)44-42-40-38-36-34-32-18-16-14-12-10-8-6-4-2/h3-45H2,1-2H3. The van der Waals surface area contributed by atoms with Crippen LogP contribution in [0.3, 0.4) is 0 Å². The summed E-state index contributed by atoms with van der Waals surface area (Å²) in [6, 6.07) is 0. The first-order valence-corrected chi connectivity index (χ1v) is 23.0. The Hall–Kier alpha value is -0.530. The third kappa shape index (κ3) is 43.5. The molecule has 0 radical (unpaired) electrons. The molecule has 0 saturated carbocycles. The lowest BCUT2D eigenvalue weighted by Gasteiger charge is -2.06. The highest BCUT2D eigenvalue weighted by atomic mass is 16.5. The highest BCUT2D eigenvalue weighted by Gasteiger charge is 2.03. The number of unbranched alkanes of at least 4 members (excludes halogenated alkanes) is 39. The van der Waals surface area contributed by atoms with Crippen LogP contribution in [0.5, 0.6) is 0 Å². The summed E-state index contributed by atoms with van der Waals surface area (Å²) in [6.07, 6.45) is 57.9. The van der Waals surface area contributed by atoms with Crippen molar-refractivity contribution in [3.8, 4) is 0 Å². The maximum Gasteiger partial charge on any atom is 0.305 e. The lowest BCUT2D eigenvalue weighted by molar-refractivity contribution is -0.143. The van der Waals surface area contributed by atoms with E-state index in [2.05, 4.69) is 13.8 Å². The van der Waals surface area contributed by atoms with Gasteiger partial charge in [-0.2, -0.15) is 0 Å². The highest BCUT2D eigenvalue weighted by molar-refractivity contribution is 5.69. The SMILES string of the molecule is CCCCCCCCCCCCCCCCCCCCCCCCCCCCCOC(=O)CCCCCCCCCCCCCCCC. The minimum Gasteiger partial charge on any atom is -0.466 e. The van der Waals surface area contributed by atoms with E-state index in [9.17, 15) is 4.79 Å². The van der Waals surface area contributed by atoms with E-state index in [1.54, 1.807) is 0 Å². The van der Waals surface area contributed by atoms with Crippen molar-refractivity contribution >= 4 is 5.97 Å². The zero-order chi connectivity index (χ0) is 34.7. The maximum atomic E-state index is 12.0. The van der Waals surface area contributed by atoms with E-state index in [4.69, 9.17) is 4.74 Å². The Morgan fingerprint density at radius 3 is 0.688 bits per heavy atom. The van der Waals surface area contributed by atoms with Crippen molar-refractivity contribution in [3.63, 3.8) is 0 Å². The second-order valence-electron chi connectivity index (χ2n) is 15.8. The van der Waals surface area contributed by atoms with Crippen LogP contribution in [0.4, 0.5) is 0 Å². The summed E-state index contributed by atoms with van der Waals surface area (Å²) >= 11 is 0. The molecule has 2 heteroatoms. The summed E-state index contributed by atoms with van der Waals surface area (Å²) in [5, 5.41) is 0. The molecule has 0 aliphatic carbocycles. The van der Waals surface area contributed by atoms with Gasteiger partial charge in [0.15, 0.2) is 0 Å². The fourth-order valence-electron chi connectivity index (χ4n) is 7.32. The molecule has 0 rings (SSSR count). The van der Waals surface area contributed by atoms with Crippen LogP contribution in [-0.4, -0.2) is 12.6 Å². The Kier molecular flexibility index (Phi) is 44.0. The van der Waals surface area contributed by atoms with Gasteiger partial charge in [-0.25, -0.2) is 0 Å². The molecule has 0 spiro atoms. The molecule has 48 heavy (non-hydrogen) atoms. The third-order valence-electron chi connectivity index (χ3n) is 10.7. The van der Waals surface area contributed by atoms with E-state index in [1.165, 1.54) is 250 Å². The first-order valence-electron chi connectivity index (χ1n) is 23.0. The Morgan fingerprint density at radius 2 is 0.458 bits per heavy atom. The lowest BCUT2D eigenvalue weighted by atomic mass is 10.0. The molecular formula is C46H92O2. The average Bonchev–Trinajstić information content (AvgIpc) is 3.09. The summed E-state index contributed by atoms with van der Waals surface area (Å²) in [6.45, 7) is 5.23. The quantitative estimate of drug-likeness (QED) is 0.0474. The first kappa shape index (κ1) is 47.5. The molecular weight excluding hydrogens is 585 g/mol. The number of hydrogen-bond donors (Lipinski definition) is 0. The molecule has 0 aromatic rings. The van der Waals surface area contributed by atoms with Crippen LogP contribution >= 0.6 is 0 Å². The van der Waals surface area contributed by atoms with Crippen LogP contribution in [0.1, 0.15) is 284 Å². The molecule has 0 saturated heterocycles. The van der Waals surface area contributed by atoms with Crippen molar-refractivity contribution in [2.24, 2.45) is 0 Å². The smallest absolute Gasteiger partial charge is 0.305 e. The Bertz CT molecular complexity index is 572. The van der Waals surface area contributed by atoms with Gasteiger partial charge in [0.25, 0.3) is 0 Å². The zero-order valence-corrected chi connectivity index (χ0v) is 33.7. The van der Waals surface area contributed by atoms with Gasteiger partial charge in [-0.3, -0.25) is 4.79 Å². The number of hydrogen-bond acceptors (Lipinski definition) is 2. The topological polar surface area (TPSA) is 26.3 Å². The van der Waals surface area contributed by atoms with E-state index < -0.39 is 0 Å². The van der Waals surface area contributed by atoms with E-state index >= 15 is 0 Å². The molecule has 0 aliphatic rings. The van der Waals surface area contributed by atoms with Crippen LogP contribution in [0, 0.1) is 0 Å². The summed E-state index contributed by atoms with van der Waals surface area (Å²) < 4.78 is 5.47. The normalized spacial score (nSPS) is 11.5. The van der Waals surface area contributed by atoms with Crippen molar-refractivity contribution in [3.05, 3.63) is 0 Å². The molecule has 0 aromatic heterocycles. The zero-order valence-electron chi connectivity index (χ0n) is 33.7. The largest absolute Gasteiger partial charge is 0.466 e. The second kappa shape index (κ2) is 44.5. The fraction of sp³-hybridized carbons (Fsp3) is 0.978. The highest BCUT2D eigenvalue weighted by Crippen LogP contribution is 2.17. The first-order chi connectivity index (χ1) is 23.8. The van der Waals surface area contributed by atoms with Gasteiger partial charge >= 0.3 is 5.97 Å². The molecule has 0 atom stereocenters. The Labute approximate surface area is 304 Å². The van der Waals surface area contributed by atoms with Gasteiger partial charge in [0.05, 0.1) is 6.61 Å². The van der Waals surface area contributed by atoms with E-state index in [0.717, 1.165) is 12.8 Å². The predicted octanol–water partition coefficient (Wildman–Crippen LogP) is 17.0. The second-order valence-corrected chi connectivity index (χ2v) is 15.8. The molecule has 0 fully saturated rings. The van der Waals surface area contributed by atoms with Crippen LogP contribution < -0.4 is 0 Å². The lowest BCUT2D eigenvalue weighted by Crippen LogP contribution is -2.05. The number of rotatable bonds is 43. The van der Waals surface area contributed by atoms with Gasteiger partial charge in [-0.15, -0.1) is 0 Å². The summed E-state index contributed by atoms with van der Waals surface area (Å²) in [5.41, 5.74) is 0. The van der Waals surface area contributed by atoms with Crippen LogP contribution in [0.15, 0.2) is 0 Å². The van der Waals surface area contributed by atoms with Crippen molar-refractivity contribution < 1.29 is 9.53 Å². The molecule has 0 bridgehead atoms. The Morgan fingerprint density at radius 1 is 0.271 bits per heavy atom. The summed E-state index contributed by atoms with van der Waals surface area (Å²) in [7, 11) is 0. The molecule has 0 amide bonds. The van der Waals surface area contributed by atoms with Crippen LogP contribution in [-0.2, 0) is 9.53 Å². The van der Waals surface area contributed by atoms with Gasteiger partial charge in [0.1, 0.15) is 0 Å². The molecule has 2 nitrogen and oxygen atoms in total. The number of esters is 1. The molecule has 0 N–H and O–H groups in total. The van der Waals surface area contributed by atoms with Gasteiger partial charge in [-0.1, -0.05) is 264 Å². The van der Waals surface area contributed by atoms with Gasteiger partial charge in [-0.05, 0) is 12.8 Å². The van der Waals surface area contributed by atoms with Gasteiger partial charge in [0.2, 0.25) is 0 Å². The van der Waals surface area contributed by atoms with E-state index in [-0.39, 0.29) is 5.97 Å². The minimum atomic E-state index is 0.0312. The minimum absolute atomic E-state index is 0.0312. The van der Waals surface area contributed by atoms with Crippen molar-refractivity contribution in [1.29, 1.82) is 0 Å². The summed E-state index contributed by atoms with van der Waals surface area (Å²) in [4.78, 5) is 12.0. The van der Waals surface area contributed by atoms with E-state index in [0.29, 0.717) is 13.0 Å². The van der Waals surface area contributed by atoms with E-state index in [1.807, 2.05) is 0 Å². The van der Waals surface area contributed by atoms with Gasteiger partial charge < -0.3 is 4.74 Å². The van der Waals surface area contributed by atoms with Crippen molar-refractivity contribution in [2.75, 3.05) is 6.61 Å². The molecule has 0 unspecified atom stereocenters. The van der Waals surface area contributed by atoms with Crippen LogP contribution in [0.25, 0.3) is 0 Å². The van der Waals surface area contributed by atoms with Gasteiger partial charge in [0, 0.05) is 6.42 Å². The summed E-state index contributed by atoms with van der Waals surface area (Å²) in [5.74, 6) is 0.0312. The molecule has 288 valence electrons. The number of carbonyl (C=O) groups is 1. The predicted molar refractivity (Wildman–Crippen MR) is 216 cm³/mol. The number of carbonyl (C=O) groups excluding carboxylic acids is 1. The van der Waals surface area contributed by atoms with Crippen molar-refractivity contribution in [2.45, 2.75) is 284 Å². The molecule has 0 heterocycles. The Balaban J connectivity index is 3.13. The third-order valence-corrected chi connectivity index (χ3v) is 10.7. The number of ether oxygens (including phenoxy) is 1. The molecule has 0 aromatic carbocycles. The average molecular weight is 677 g/mol. The monoisotopic (exact) mass is 677 g/mol. The van der Waals surface area contributed by atoms with Crippen molar-refractivity contribution in [1.82, 2.24) is 0 Å².